The third-order valence-corrected chi connectivity index (χ3v) is 2.74. The number of amides is 1. The van der Waals surface area contributed by atoms with Crippen LogP contribution in [0.25, 0.3) is 0 Å². The van der Waals surface area contributed by atoms with Crippen molar-refractivity contribution in [1.82, 2.24) is 10.3 Å². The second-order valence-corrected chi connectivity index (χ2v) is 4.10. The third-order valence-electron chi connectivity index (χ3n) is 2.74. The van der Waals surface area contributed by atoms with Crippen LogP contribution in [0, 0.1) is 11.3 Å². The number of hydrogen-bond donors (Lipinski definition) is 1. The van der Waals surface area contributed by atoms with Gasteiger partial charge in [0.25, 0.3) is 5.91 Å². The topological polar surface area (TPSA) is 75.0 Å². The number of ether oxygens (including phenoxy) is 1. The molecule has 1 aromatic heterocycles. The Hall–Kier alpha value is -2.87. The minimum atomic E-state index is -0.259. The molecule has 5 nitrogen and oxygen atoms in total. The first-order valence-corrected chi connectivity index (χ1v) is 5.99. The summed E-state index contributed by atoms with van der Waals surface area (Å²) in [6.07, 6.45) is 2.85. The van der Waals surface area contributed by atoms with E-state index in [1.54, 1.807) is 7.11 Å². The van der Waals surface area contributed by atoms with E-state index in [0.717, 1.165) is 11.3 Å². The van der Waals surface area contributed by atoms with E-state index in [4.69, 9.17) is 10.00 Å². The lowest BCUT2D eigenvalue weighted by atomic mass is 10.2. The van der Waals surface area contributed by atoms with Crippen molar-refractivity contribution >= 4 is 5.91 Å². The second-order valence-electron chi connectivity index (χ2n) is 4.10. The zero-order valence-corrected chi connectivity index (χ0v) is 11.0. The zero-order valence-electron chi connectivity index (χ0n) is 11.0. The third kappa shape index (κ3) is 3.33. The molecule has 0 bridgehead atoms. The molecule has 0 aliphatic rings. The Kier molecular flexibility index (Phi) is 4.30. The molecule has 0 atom stereocenters. The van der Waals surface area contributed by atoms with Crippen LogP contribution in [-0.2, 0) is 6.54 Å². The van der Waals surface area contributed by atoms with Gasteiger partial charge in [0.2, 0.25) is 0 Å². The van der Waals surface area contributed by atoms with Gasteiger partial charge < -0.3 is 10.1 Å². The number of nitrogens with one attached hydrogen (secondary N) is 1. The van der Waals surface area contributed by atoms with Gasteiger partial charge in [0, 0.05) is 18.9 Å². The lowest BCUT2D eigenvalue weighted by Gasteiger charge is -2.06. The molecule has 20 heavy (non-hydrogen) atoms. The summed E-state index contributed by atoms with van der Waals surface area (Å²) in [6, 6.07) is 10.9. The molecule has 0 saturated heterocycles. The molecule has 0 unspecified atom stereocenters. The number of nitriles is 1. The van der Waals surface area contributed by atoms with Gasteiger partial charge in [-0.1, -0.05) is 12.1 Å². The average Bonchev–Trinajstić information content (AvgIpc) is 2.53. The fraction of sp³-hybridized carbons (Fsp3) is 0.133. The van der Waals surface area contributed by atoms with Crippen molar-refractivity contribution < 1.29 is 9.53 Å². The predicted molar refractivity (Wildman–Crippen MR) is 73.1 cm³/mol. The van der Waals surface area contributed by atoms with Gasteiger partial charge in [0.1, 0.15) is 11.8 Å². The second kappa shape index (κ2) is 6.34. The number of carbonyl (C=O) groups excluding carboxylic acids is 1. The van der Waals surface area contributed by atoms with Crippen LogP contribution in [0.2, 0.25) is 0 Å². The van der Waals surface area contributed by atoms with Crippen LogP contribution in [0.1, 0.15) is 21.5 Å². The van der Waals surface area contributed by atoms with Gasteiger partial charge in [-0.3, -0.25) is 9.78 Å². The van der Waals surface area contributed by atoms with E-state index < -0.39 is 0 Å². The van der Waals surface area contributed by atoms with Crippen molar-refractivity contribution in [2.45, 2.75) is 6.54 Å². The monoisotopic (exact) mass is 267 g/mol. The number of aromatic nitrogens is 1. The SMILES string of the molecule is COc1ccc(CNC(=O)c2cncc(C#N)c2)cc1. The standard InChI is InChI=1S/C15H13N3O2/c1-20-14-4-2-11(3-5-14)9-18-15(19)13-6-12(7-16)8-17-10-13/h2-6,8,10H,9H2,1H3,(H,18,19). The van der Waals surface area contributed by atoms with Gasteiger partial charge in [0.15, 0.2) is 0 Å². The van der Waals surface area contributed by atoms with E-state index in [-0.39, 0.29) is 5.91 Å². The zero-order chi connectivity index (χ0) is 14.4. The van der Waals surface area contributed by atoms with Gasteiger partial charge in [-0.2, -0.15) is 5.26 Å². The Balaban J connectivity index is 1.99. The normalized spacial score (nSPS) is 9.60. The Labute approximate surface area is 116 Å². The number of benzene rings is 1. The number of rotatable bonds is 4. The summed E-state index contributed by atoms with van der Waals surface area (Å²) in [5, 5.41) is 11.5. The molecule has 0 aliphatic carbocycles. The quantitative estimate of drug-likeness (QED) is 0.917. The van der Waals surface area contributed by atoms with Crippen LogP contribution in [0.3, 0.4) is 0 Å². The van der Waals surface area contributed by atoms with Gasteiger partial charge in [-0.15, -0.1) is 0 Å². The first-order chi connectivity index (χ1) is 9.72. The van der Waals surface area contributed by atoms with Gasteiger partial charge in [-0.05, 0) is 23.8 Å². The summed E-state index contributed by atoms with van der Waals surface area (Å²) in [7, 11) is 1.60. The van der Waals surface area contributed by atoms with Crippen molar-refractivity contribution in [1.29, 1.82) is 5.26 Å². The molecule has 0 spiro atoms. The maximum Gasteiger partial charge on any atom is 0.253 e. The van der Waals surface area contributed by atoms with E-state index in [1.807, 2.05) is 30.3 Å². The van der Waals surface area contributed by atoms with Crippen molar-refractivity contribution in [2.24, 2.45) is 0 Å². The molecule has 1 amide bonds. The number of methoxy groups -OCH3 is 1. The highest BCUT2D eigenvalue weighted by atomic mass is 16.5. The van der Waals surface area contributed by atoms with Crippen molar-refractivity contribution in [3.8, 4) is 11.8 Å². The number of hydrogen-bond acceptors (Lipinski definition) is 4. The molecule has 2 rings (SSSR count). The number of carbonyl (C=O) groups is 1. The fourth-order valence-electron chi connectivity index (χ4n) is 1.65. The van der Waals surface area contributed by atoms with E-state index in [1.165, 1.54) is 18.5 Å². The lowest BCUT2D eigenvalue weighted by molar-refractivity contribution is 0.0950. The lowest BCUT2D eigenvalue weighted by Crippen LogP contribution is -2.23. The number of nitrogens with zero attached hydrogens (tertiary/aromatic N) is 2. The van der Waals surface area contributed by atoms with Gasteiger partial charge in [-0.25, -0.2) is 0 Å². The van der Waals surface area contributed by atoms with Crippen molar-refractivity contribution in [3.63, 3.8) is 0 Å². The van der Waals surface area contributed by atoms with E-state index >= 15 is 0 Å². The molecular weight excluding hydrogens is 254 g/mol. The molecule has 1 heterocycles. The summed E-state index contributed by atoms with van der Waals surface area (Å²) in [4.78, 5) is 15.8. The fourth-order valence-corrected chi connectivity index (χ4v) is 1.65. The van der Waals surface area contributed by atoms with E-state index in [0.29, 0.717) is 17.7 Å². The average molecular weight is 267 g/mol. The minimum absolute atomic E-state index is 0.259. The molecule has 100 valence electrons. The molecule has 0 saturated carbocycles. The molecule has 0 radical (unpaired) electrons. The summed E-state index contributed by atoms with van der Waals surface area (Å²) in [5.41, 5.74) is 1.70. The first kappa shape index (κ1) is 13.6. The Morgan fingerprint density at radius 3 is 2.75 bits per heavy atom. The van der Waals surface area contributed by atoms with Crippen molar-refractivity contribution in [2.75, 3.05) is 7.11 Å². The Morgan fingerprint density at radius 2 is 2.10 bits per heavy atom. The van der Waals surface area contributed by atoms with Crippen LogP contribution in [0.15, 0.2) is 42.7 Å². The minimum Gasteiger partial charge on any atom is -0.497 e. The summed E-state index contributed by atoms with van der Waals surface area (Å²) >= 11 is 0. The molecule has 5 heteroatoms. The highest BCUT2D eigenvalue weighted by Crippen LogP contribution is 2.11. The van der Waals surface area contributed by atoms with Crippen LogP contribution < -0.4 is 10.1 Å². The Bertz CT molecular complexity index is 645. The van der Waals surface area contributed by atoms with Crippen LogP contribution >= 0.6 is 0 Å². The van der Waals surface area contributed by atoms with E-state index in [9.17, 15) is 4.79 Å². The maximum absolute atomic E-state index is 11.9. The molecule has 1 N–H and O–H groups in total. The molecule has 0 fully saturated rings. The first-order valence-electron chi connectivity index (χ1n) is 5.99. The summed E-state index contributed by atoms with van der Waals surface area (Å²) in [5.74, 6) is 0.511. The van der Waals surface area contributed by atoms with Crippen molar-refractivity contribution in [3.05, 3.63) is 59.4 Å². The smallest absolute Gasteiger partial charge is 0.253 e. The summed E-state index contributed by atoms with van der Waals surface area (Å²) < 4.78 is 5.06. The molecule has 2 aromatic rings. The van der Waals surface area contributed by atoms with Gasteiger partial charge in [0.05, 0.1) is 18.2 Å². The van der Waals surface area contributed by atoms with Crippen LogP contribution in [-0.4, -0.2) is 18.0 Å². The predicted octanol–water partition coefficient (Wildman–Crippen LogP) is 1.89. The van der Waals surface area contributed by atoms with E-state index in [2.05, 4.69) is 10.3 Å². The highest BCUT2D eigenvalue weighted by molar-refractivity contribution is 5.94. The summed E-state index contributed by atoms with van der Waals surface area (Å²) in [6.45, 7) is 0.402. The highest BCUT2D eigenvalue weighted by Gasteiger charge is 2.06. The maximum atomic E-state index is 11.9. The van der Waals surface area contributed by atoms with Crippen LogP contribution in [0.4, 0.5) is 0 Å². The molecular formula is C15H13N3O2. The van der Waals surface area contributed by atoms with Crippen LogP contribution in [0.5, 0.6) is 5.75 Å². The molecule has 1 aromatic carbocycles. The van der Waals surface area contributed by atoms with Gasteiger partial charge >= 0.3 is 0 Å². The Morgan fingerprint density at radius 1 is 1.35 bits per heavy atom. The molecule has 0 aliphatic heterocycles. The number of pyridine rings is 1. The largest absolute Gasteiger partial charge is 0.497 e.